The molecular formula is C12H17NO3S. The number of fused-ring (bicyclic) bond motifs is 1. The van der Waals surface area contributed by atoms with Crippen LogP contribution in [0.15, 0.2) is 11.8 Å². The highest BCUT2D eigenvalue weighted by atomic mass is 32.2. The number of ether oxygens (including phenoxy) is 1. The quantitative estimate of drug-likeness (QED) is 0.530. The minimum atomic E-state index is -0.533. The molecule has 2 rings (SSSR count). The summed E-state index contributed by atoms with van der Waals surface area (Å²) in [6.07, 6.45) is 2.33. The van der Waals surface area contributed by atoms with Crippen LogP contribution < -0.4 is 0 Å². The van der Waals surface area contributed by atoms with Crippen molar-refractivity contribution >= 4 is 23.6 Å². The van der Waals surface area contributed by atoms with E-state index in [2.05, 4.69) is 0 Å². The first kappa shape index (κ1) is 12.5. The van der Waals surface area contributed by atoms with Crippen molar-refractivity contribution in [3.8, 4) is 0 Å². The van der Waals surface area contributed by atoms with Crippen LogP contribution in [0.3, 0.4) is 0 Å². The zero-order chi connectivity index (χ0) is 12.8. The predicted molar refractivity (Wildman–Crippen MR) is 66.2 cm³/mol. The van der Waals surface area contributed by atoms with Gasteiger partial charge in [0.15, 0.2) is 0 Å². The molecule has 0 aromatic rings. The van der Waals surface area contributed by atoms with Crippen molar-refractivity contribution in [3.05, 3.63) is 11.8 Å². The summed E-state index contributed by atoms with van der Waals surface area (Å²) < 4.78 is 5.32. The molecule has 17 heavy (non-hydrogen) atoms. The van der Waals surface area contributed by atoms with Crippen molar-refractivity contribution in [2.75, 3.05) is 0 Å². The van der Waals surface area contributed by atoms with Gasteiger partial charge >= 0.3 is 5.97 Å². The number of carbonyl (C=O) groups is 2. The largest absolute Gasteiger partial charge is 0.455 e. The molecule has 2 aliphatic rings. The normalized spacial score (nSPS) is 28.1. The maximum absolute atomic E-state index is 12.0. The van der Waals surface area contributed by atoms with Gasteiger partial charge in [0, 0.05) is 5.25 Å². The second-order valence-corrected chi connectivity index (χ2v) is 6.88. The Balaban J connectivity index is 2.18. The van der Waals surface area contributed by atoms with E-state index < -0.39 is 11.6 Å². The number of esters is 1. The molecule has 1 amide bonds. The van der Waals surface area contributed by atoms with Crippen molar-refractivity contribution in [2.24, 2.45) is 0 Å². The molecule has 2 aliphatic heterocycles. The summed E-state index contributed by atoms with van der Waals surface area (Å²) >= 11 is 1.70. The average Bonchev–Trinajstić information content (AvgIpc) is 2.12. The van der Waals surface area contributed by atoms with Gasteiger partial charge in [-0.2, -0.15) is 0 Å². The van der Waals surface area contributed by atoms with E-state index in [1.165, 1.54) is 0 Å². The van der Waals surface area contributed by atoms with Gasteiger partial charge in [-0.05, 0) is 33.8 Å². The van der Waals surface area contributed by atoms with Gasteiger partial charge in [-0.1, -0.05) is 0 Å². The highest BCUT2D eigenvalue weighted by Crippen LogP contribution is 2.40. The number of hydrogen-bond donors (Lipinski definition) is 0. The summed E-state index contributed by atoms with van der Waals surface area (Å²) in [7, 11) is 0. The van der Waals surface area contributed by atoms with Gasteiger partial charge in [0.2, 0.25) is 5.91 Å². The second-order valence-electron chi connectivity index (χ2n) is 5.32. The second kappa shape index (κ2) is 4.05. The lowest BCUT2D eigenvalue weighted by molar-refractivity contribution is -0.157. The number of β-lactam (4-membered cyclic amide) rings is 1. The van der Waals surface area contributed by atoms with E-state index in [4.69, 9.17) is 4.74 Å². The van der Waals surface area contributed by atoms with Crippen LogP contribution in [0.2, 0.25) is 0 Å². The summed E-state index contributed by atoms with van der Waals surface area (Å²) in [6.45, 7) is 7.49. The highest BCUT2D eigenvalue weighted by molar-refractivity contribution is 8.00. The molecule has 4 nitrogen and oxygen atoms in total. The number of hydrogen-bond acceptors (Lipinski definition) is 4. The third-order valence-electron chi connectivity index (χ3n) is 2.54. The number of rotatable bonds is 1. The van der Waals surface area contributed by atoms with Crippen LogP contribution in [0.5, 0.6) is 0 Å². The summed E-state index contributed by atoms with van der Waals surface area (Å²) in [6, 6.07) is 0. The summed E-state index contributed by atoms with van der Waals surface area (Å²) in [4.78, 5) is 25.1. The molecule has 2 atom stereocenters. The first-order valence-electron chi connectivity index (χ1n) is 5.70. The van der Waals surface area contributed by atoms with Crippen LogP contribution in [0.25, 0.3) is 0 Å². The van der Waals surface area contributed by atoms with Gasteiger partial charge in [-0.15, -0.1) is 11.8 Å². The van der Waals surface area contributed by atoms with E-state index >= 15 is 0 Å². The summed E-state index contributed by atoms with van der Waals surface area (Å²) in [5.74, 6) is -0.394. The SMILES string of the molecule is CC1C=C(C(=O)OC(C)(C)C)N2C(=O)C[C@H]2S1. The number of nitrogens with zero attached hydrogens (tertiary/aromatic N) is 1. The zero-order valence-electron chi connectivity index (χ0n) is 10.5. The Bertz CT molecular complexity index is 397. The molecule has 1 fully saturated rings. The van der Waals surface area contributed by atoms with Crippen molar-refractivity contribution in [1.82, 2.24) is 4.90 Å². The van der Waals surface area contributed by atoms with E-state index in [9.17, 15) is 9.59 Å². The van der Waals surface area contributed by atoms with E-state index in [0.29, 0.717) is 12.1 Å². The first-order chi connectivity index (χ1) is 7.78. The molecule has 0 saturated carbocycles. The lowest BCUT2D eigenvalue weighted by atomic mass is 10.1. The Morgan fingerprint density at radius 3 is 2.71 bits per heavy atom. The third kappa shape index (κ3) is 2.49. The Morgan fingerprint density at radius 1 is 1.53 bits per heavy atom. The molecule has 2 heterocycles. The van der Waals surface area contributed by atoms with Crippen LogP contribution >= 0.6 is 11.8 Å². The zero-order valence-corrected chi connectivity index (χ0v) is 11.3. The topological polar surface area (TPSA) is 46.6 Å². The van der Waals surface area contributed by atoms with Crippen LogP contribution in [0, 0.1) is 0 Å². The molecule has 94 valence electrons. The minimum absolute atomic E-state index is 0.00603. The van der Waals surface area contributed by atoms with E-state index in [1.54, 1.807) is 16.7 Å². The number of carbonyl (C=O) groups excluding carboxylic acids is 2. The van der Waals surface area contributed by atoms with Gasteiger partial charge in [-0.3, -0.25) is 9.69 Å². The van der Waals surface area contributed by atoms with Gasteiger partial charge in [0.1, 0.15) is 11.3 Å². The van der Waals surface area contributed by atoms with Crippen molar-refractivity contribution in [1.29, 1.82) is 0 Å². The van der Waals surface area contributed by atoms with Crippen molar-refractivity contribution in [3.63, 3.8) is 0 Å². The summed E-state index contributed by atoms with van der Waals surface area (Å²) in [5.41, 5.74) is -0.123. The molecule has 0 spiro atoms. The number of amides is 1. The number of thioether (sulfide) groups is 1. The van der Waals surface area contributed by atoms with Crippen LogP contribution in [-0.2, 0) is 14.3 Å². The Morgan fingerprint density at radius 2 is 2.18 bits per heavy atom. The predicted octanol–water partition coefficient (Wildman–Crippen LogP) is 1.91. The molecule has 1 unspecified atom stereocenters. The molecule has 0 aromatic heterocycles. The fourth-order valence-electron chi connectivity index (χ4n) is 1.87. The lowest BCUT2D eigenvalue weighted by Gasteiger charge is -2.44. The average molecular weight is 255 g/mol. The van der Waals surface area contributed by atoms with E-state index in [0.717, 1.165) is 0 Å². The fourth-order valence-corrected chi connectivity index (χ4v) is 3.17. The van der Waals surface area contributed by atoms with Gasteiger partial charge < -0.3 is 4.74 Å². The molecule has 0 bridgehead atoms. The van der Waals surface area contributed by atoms with E-state index in [-0.39, 0.29) is 16.5 Å². The van der Waals surface area contributed by atoms with Crippen LogP contribution in [-0.4, -0.2) is 33.0 Å². The van der Waals surface area contributed by atoms with Gasteiger partial charge in [0.05, 0.1) is 11.8 Å². The van der Waals surface area contributed by atoms with Gasteiger partial charge in [-0.25, -0.2) is 4.79 Å². The summed E-state index contributed by atoms with van der Waals surface area (Å²) in [5, 5.41) is 0.358. The monoisotopic (exact) mass is 255 g/mol. The molecule has 0 aliphatic carbocycles. The van der Waals surface area contributed by atoms with Crippen LogP contribution in [0.1, 0.15) is 34.1 Å². The Kier molecular flexibility index (Phi) is 2.97. The van der Waals surface area contributed by atoms with Gasteiger partial charge in [0.25, 0.3) is 0 Å². The molecule has 0 N–H and O–H groups in total. The van der Waals surface area contributed by atoms with Crippen molar-refractivity contribution < 1.29 is 14.3 Å². The molecular weight excluding hydrogens is 238 g/mol. The third-order valence-corrected chi connectivity index (χ3v) is 3.79. The molecule has 5 heteroatoms. The Labute approximate surface area is 105 Å². The molecule has 1 saturated heterocycles. The first-order valence-corrected chi connectivity index (χ1v) is 6.65. The minimum Gasteiger partial charge on any atom is -0.455 e. The molecule has 0 aromatic carbocycles. The van der Waals surface area contributed by atoms with Crippen LogP contribution in [0.4, 0.5) is 0 Å². The fraction of sp³-hybridized carbons (Fsp3) is 0.667. The molecule has 0 radical (unpaired) electrons. The highest BCUT2D eigenvalue weighted by Gasteiger charge is 2.45. The Hall–Kier alpha value is -0.970. The van der Waals surface area contributed by atoms with E-state index in [1.807, 2.05) is 33.8 Å². The standard InChI is InChI=1S/C12H17NO3S/c1-7-5-8(11(15)16-12(2,3)4)13-9(14)6-10(13)17-7/h5,7,10H,6H2,1-4H3/t7?,10-/m1/s1. The lowest BCUT2D eigenvalue weighted by Crippen LogP contribution is -2.54. The van der Waals surface area contributed by atoms with Crippen molar-refractivity contribution in [2.45, 2.75) is 50.3 Å². The maximum atomic E-state index is 12.0. The maximum Gasteiger partial charge on any atom is 0.355 e. The smallest absolute Gasteiger partial charge is 0.355 e.